The van der Waals surface area contributed by atoms with Gasteiger partial charge in [0.25, 0.3) is 0 Å². The Labute approximate surface area is 163 Å². The molecule has 3 aromatic carbocycles. The van der Waals surface area contributed by atoms with Crippen molar-refractivity contribution in [3.05, 3.63) is 83.9 Å². The van der Waals surface area contributed by atoms with Gasteiger partial charge in [-0.05, 0) is 34.9 Å². The van der Waals surface area contributed by atoms with E-state index < -0.39 is 9.84 Å². The molecule has 0 radical (unpaired) electrons. The summed E-state index contributed by atoms with van der Waals surface area (Å²) in [5, 5.41) is 9.36. The second kappa shape index (κ2) is 6.95. The lowest BCUT2D eigenvalue weighted by atomic mass is 9.99. The summed E-state index contributed by atoms with van der Waals surface area (Å²) in [5.74, 6) is 0. The summed E-state index contributed by atoms with van der Waals surface area (Å²) >= 11 is 0. The molecule has 0 aliphatic carbocycles. The maximum atomic E-state index is 12.2. The minimum absolute atomic E-state index is 0.0626. The fourth-order valence-corrected chi connectivity index (χ4v) is 4.12. The first-order valence-corrected chi connectivity index (χ1v) is 10.6. The Kier molecular flexibility index (Phi) is 4.46. The molecule has 0 spiro atoms. The van der Waals surface area contributed by atoms with Crippen molar-refractivity contribution in [2.24, 2.45) is 0 Å². The van der Waals surface area contributed by atoms with Crippen LogP contribution in [-0.4, -0.2) is 24.2 Å². The molecular formula is C22H17N3O2S. The molecule has 138 valence electrons. The van der Waals surface area contributed by atoms with E-state index in [4.69, 9.17) is 0 Å². The maximum absolute atomic E-state index is 12.2. The summed E-state index contributed by atoms with van der Waals surface area (Å²) in [7, 11) is -3.46. The quantitative estimate of drug-likeness (QED) is 0.530. The molecule has 5 nitrogen and oxygen atoms in total. The molecular weight excluding hydrogens is 370 g/mol. The van der Waals surface area contributed by atoms with Gasteiger partial charge in [-0.3, -0.25) is 0 Å². The third-order valence-electron chi connectivity index (χ3n) is 4.60. The average molecular weight is 387 g/mol. The maximum Gasteiger partial charge on any atom is 0.228 e. The molecule has 0 fully saturated rings. The Bertz CT molecular complexity index is 1310. The van der Waals surface area contributed by atoms with Gasteiger partial charge in [0.05, 0.1) is 29.2 Å². The van der Waals surface area contributed by atoms with Crippen molar-refractivity contribution in [1.82, 2.24) is 9.55 Å². The molecule has 0 bridgehead atoms. The summed E-state index contributed by atoms with van der Waals surface area (Å²) in [6, 6.07) is 24.8. The van der Waals surface area contributed by atoms with Crippen LogP contribution in [0.25, 0.3) is 22.2 Å². The molecule has 28 heavy (non-hydrogen) atoms. The number of nitrogens with zero attached hydrogens (tertiary/aromatic N) is 3. The van der Waals surface area contributed by atoms with E-state index in [0.717, 1.165) is 22.2 Å². The van der Waals surface area contributed by atoms with Crippen molar-refractivity contribution in [2.75, 3.05) is 6.26 Å². The molecule has 0 amide bonds. The van der Waals surface area contributed by atoms with Gasteiger partial charge in [-0.15, -0.1) is 0 Å². The normalized spacial score (nSPS) is 11.4. The summed E-state index contributed by atoms with van der Waals surface area (Å²) in [5.41, 5.74) is 4.83. The number of fused-ring (bicyclic) bond motifs is 1. The number of benzene rings is 3. The first kappa shape index (κ1) is 18.0. The summed E-state index contributed by atoms with van der Waals surface area (Å²) in [4.78, 5) is 4.31. The highest BCUT2D eigenvalue weighted by Gasteiger charge is 2.19. The molecule has 4 aromatic rings. The van der Waals surface area contributed by atoms with Crippen LogP contribution in [0.4, 0.5) is 0 Å². The SMILES string of the molecule is CS(=O)(=O)c1nc2ccccc2n1Cc1ccc(-c2ccccc2C#N)cc1. The van der Waals surface area contributed by atoms with Crippen LogP contribution in [0.2, 0.25) is 0 Å². The standard InChI is InChI=1S/C22H17N3O2S/c1-28(26,27)22-24-20-8-4-5-9-21(20)25(22)15-16-10-12-17(13-11-16)19-7-3-2-6-18(19)14-23/h2-13H,15H2,1H3. The highest BCUT2D eigenvalue weighted by Crippen LogP contribution is 2.25. The van der Waals surface area contributed by atoms with E-state index >= 15 is 0 Å². The molecule has 6 heteroatoms. The fraction of sp³-hybridized carbons (Fsp3) is 0.0909. The largest absolute Gasteiger partial charge is 0.310 e. The first-order valence-electron chi connectivity index (χ1n) is 8.71. The average Bonchev–Trinajstić information content (AvgIpc) is 3.08. The molecule has 4 rings (SSSR count). The van der Waals surface area contributed by atoms with Crippen molar-refractivity contribution in [3.8, 4) is 17.2 Å². The molecule has 1 aromatic heterocycles. The zero-order chi connectivity index (χ0) is 19.7. The predicted octanol–water partition coefficient (Wildman–Crippen LogP) is 4.03. The van der Waals surface area contributed by atoms with Crippen LogP contribution in [-0.2, 0) is 16.4 Å². The van der Waals surface area contributed by atoms with E-state index in [1.54, 1.807) is 10.6 Å². The minimum atomic E-state index is -3.46. The molecule has 0 saturated heterocycles. The van der Waals surface area contributed by atoms with Gasteiger partial charge in [0, 0.05) is 6.26 Å². The third kappa shape index (κ3) is 3.28. The first-order chi connectivity index (χ1) is 13.5. The van der Waals surface area contributed by atoms with Crippen molar-refractivity contribution < 1.29 is 8.42 Å². The Morgan fingerprint density at radius 3 is 2.36 bits per heavy atom. The smallest absolute Gasteiger partial charge is 0.228 e. The van der Waals surface area contributed by atoms with Gasteiger partial charge in [-0.1, -0.05) is 54.6 Å². The van der Waals surface area contributed by atoms with Gasteiger partial charge in [-0.2, -0.15) is 5.26 Å². The molecule has 0 atom stereocenters. The number of imidazole rings is 1. The number of para-hydroxylation sites is 2. The van der Waals surface area contributed by atoms with Crippen molar-refractivity contribution >= 4 is 20.9 Å². The van der Waals surface area contributed by atoms with Crippen molar-refractivity contribution in [1.29, 1.82) is 5.26 Å². The van der Waals surface area contributed by atoms with Crippen LogP contribution in [0.5, 0.6) is 0 Å². The van der Waals surface area contributed by atoms with Gasteiger partial charge in [-0.25, -0.2) is 13.4 Å². The van der Waals surface area contributed by atoms with E-state index in [1.165, 1.54) is 6.26 Å². The van der Waals surface area contributed by atoms with Crippen LogP contribution in [0.3, 0.4) is 0 Å². The van der Waals surface area contributed by atoms with Gasteiger partial charge in [0.1, 0.15) is 0 Å². The zero-order valence-electron chi connectivity index (χ0n) is 15.2. The molecule has 0 saturated carbocycles. The van der Waals surface area contributed by atoms with Crippen LogP contribution < -0.4 is 0 Å². The van der Waals surface area contributed by atoms with Crippen molar-refractivity contribution in [3.63, 3.8) is 0 Å². The number of rotatable bonds is 4. The summed E-state index contributed by atoms with van der Waals surface area (Å²) in [6.45, 7) is 0.392. The molecule has 0 N–H and O–H groups in total. The molecule has 1 heterocycles. The Balaban J connectivity index is 1.74. The summed E-state index contributed by atoms with van der Waals surface area (Å²) in [6.07, 6.45) is 1.17. The highest BCUT2D eigenvalue weighted by atomic mass is 32.2. The van der Waals surface area contributed by atoms with Gasteiger partial charge in [0.2, 0.25) is 15.0 Å². The van der Waals surface area contributed by atoms with Crippen LogP contribution >= 0.6 is 0 Å². The van der Waals surface area contributed by atoms with Crippen LogP contribution in [0.1, 0.15) is 11.1 Å². The third-order valence-corrected chi connectivity index (χ3v) is 5.58. The lowest BCUT2D eigenvalue weighted by Crippen LogP contribution is -2.10. The lowest BCUT2D eigenvalue weighted by Gasteiger charge is -2.10. The van der Waals surface area contributed by atoms with E-state index in [1.807, 2.05) is 66.7 Å². The fourth-order valence-electron chi connectivity index (χ4n) is 3.29. The molecule has 0 aliphatic rings. The van der Waals surface area contributed by atoms with Gasteiger partial charge >= 0.3 is 0 Å². The number of hydrogen-bond acceptors (Lipinski definition) is 4. The number of nitriles is 1. The highest BCUT2D eigenvalue weighted by molar-refractivity contribution is 7.90. The lowest BCUT2D eigenvalue weighted by molar-refractivity contribution is 0.581. The zero-order valence-corrected chi connectivity index (χ0v) is 16.0. The Morgan fingerprint density at radius 1 is 0.964 bits per heavy atom. The van der Waals surface area contributed by atoms with E-state index in [-0.39, 0.29) is 5.16 Å². The van der Waals surface area contributed by atoms with Crippen LogP contribution in [0, 0.1) is 11.3 Å². The second-order valence-electron chi connectivity index (χ2n) is 6.60. The van der Waals surface area contributed by atoms with E-state index in [0.29, 0.717) is 17.6 Å². The number of aromatic nitrogens is 2. The van der Waals surface area contributed by atoms with E-state index in [9.17, 15) is 13.7 Å². The molecule has 0 unspecified atom stereocenters. The summed E-state index contributed by atoms with van der Waals surface area (Å²) < 4.78 is 26.1. The molecule has 0 aliphatic heterocycles. The Morgan fingerprint density at radius 2 is 1.64 bits per heavy atom. The topological polar surface area (TPSA) is 75.8 Å². The van der Waals surface area contributed by atoms with Crippen molar-refractivity contribution in [2.45, 2.75) is 11.7 Å². The van der Waals surface area contributed by atoms with Gasteiger partial charge < -0.3 is 4.57 Å². The number of hydrogen-bond donors (Lipinski definition) is 0. The van der Waals surface area contributed by atoms with Gasteiger partial charge in [0.15, 0.2) is 0 Å². The second-order valence-corrected chi connectivity index (χ2v) is 8.51. The monoisotopic (exact) mass is 387 g/mol. The number of sulfone groups is 1. The minimum Gasteiger partial charge on any atom is -0.310 e. The van der Waals surface area contributed by atoms with Crippen LogP contribution in [0.15, 0.2) is 78.0 Å². The van der Waals surface area contributed by atoms with E-state index in [2.05, 4.69) is 11.1 Å². The Hall–Kier alpha value is -3.43. The predicted molar refractivity (Wildman–Crippen MR) is 109 cm³/mol.